The minimum Gasteiger partial charge on any atom is -0.272 e. The summed E-state index contributed by atoms with van der Waals surface area (Å²) in [6, 6.07) is 10.3. The lowest BCUT2D eigenvalue weighted by molar-refractivity contribution is 0.740. The zero-order valence-corrected chi connectivity index (χ0v) is 7.86. The van der Waals surface area contributed by atoms with Gasteiger partial charge in [-0.15, -0.1) is 0 Å². The molecular formula is C11H12N2. The van der Waals surface area contributed by atoms with Gasteiger partial charge in [0.05, 0.1) is 6.20 Å². The highest BCUT2D eigenvalue weighted by Crippen LogP contribution is 2.21. The summed E-state index contributed by atoms with van der Waals surface area (Å²) >= 11 is 0. The molecule has 13 heavy (non-hydrogen) atoms. The fourth-order valence-electron chi connectivity index (χ4n) is 1.40. The van der Waals surface area contributed by atoms with Crippen LogP contribution in [0.25, 0.3) is 11.1 Å². The fourth-order valence-corrected chi connectivity index (χ4v) is 1.40. The normalized spacial score (nSPS) is 10.3. The maximum absolute atomic E-state index is 4.21. The fraction of sp³-hybridized carbons (Fsp3) is 0.182. The Labute approximate surface area is 77.8 Å². The van der Waals surface area contributed by atoms with Crippen molar-refractivity contribution in [1.29, 1.82) is 0 Å². The molecule has 2 heteroatoms. The lowest BCUT2D eigenvalue weighted by atomic mass is 10.1. The largest absolute Gasteiger partial charge is 0.272 e. The molecule has 0 amide bonds. The molecule has 0 aliphatic rings. The predicted molar refractivity (Wildman–Crippen MR) is 53.4 cm³/mol. The minimum absolute atomic E-state index is 1.20. The van der Waals surface area contributed by atoms with E-state index in [0.717, 1.165) is 0 Å². The van der Waals surface area contributed by atoms with Crippen molar-refractivity contribution in [3.63, 3.8) is 0 Å². The molecular weight excluding hydrogens is 160 g/mol. The summed E-state index contributed by atoms with van der Waals surface area (Å²) in [6.45, 7) is 2.08. The Bertz CT molecular complexity index is 401. The molecule has 66 valence electrons. The number of aromatic nitrogens is 2. The summed E-state index contributed by atoms with van der Waals surface area (Å²) in [7, 11) is 1.96. The van der Waals surface area contributed by atoms with Crippen molar-refractivity contribution in [2.24, 2.45) is 7.05 Å². The molecule has 0 aliphatic heterocycles. The molecule has 0 spiro atoms. The van der Waals surface area contributed by atoms with Gasteiger partial charge in [-0.05, 0) is 12.5 Å². The van der Waals surface area contributed by atoms with E-state index in [1.165, 1.54) is 16.8 Å². The van der Waals surface area contributed by atoms with Crippen molar-refractivity contribution in [3.8, 4) is 11.1 Å². The van der Waals surface area contributed by atoms with Crippen LogP contribution in [0, 0.1) is 6.92 Å². The summed E-state index contributed by atoms with van der Waals surface area (Å²) in [5, 5.41) is 4.21. The smallest absolute Gasteiger partial charge is 0.0571 e. The van der Waals surface area contributed by atoms with Crippen LogP contribution >= 0.6 is 0 Å². The average Bonchev–Trinajstić information content (AvgIpc) is 2.49. The zero-order valence-electron chi connectivity index (χ0n) is 7.86. The van der Waals surface area contributed by atoms with E-state index in [9.17, 15) is 0 Å². The van der Waals surface area contributed by atoms with Gasteiger partial charge < -0.3 is 0 Å². The van der Waals surface area contributed by atoms with Gasteiger partial charge in [0.15, 0.2) is 0 Å². The first-order chi connectivity index (χ1) is 6.29. The van der Waals surface area contributed by atoms with Crippen LogP contribution in [0.2, 0.25) is 0 Å². The first-order valence-corrected chi connectivity index (χ1v) is 4.33. The summed E-state index contributed by atoms with van der Waals surface area (Å²) in [6.07, 6.45) is 1.91. The molecule has 0 radical (unpaired) electrons. The molecule has 2 rings (SSSR count). The van der Waals surface area contributed by atoms with Crippen molar-refractivity contribution in [1.82, 2.24) is 9.78 Å². The van der Waals surface area contributed by atoms with Crippen LogP contribution in [0.4, 0.5) is 0 Å². The summed E-state index contributed by atoms with van der Waals surface area (Å²) in [5.41, 5.74) is 3.64. The van der Waals surface area contributed by atoms with Crippen molar-refractivity contribution >= 4 is 0 Å². The van der Waals surface area contributed by atoms with Crippen molar-refractivity contribution < 1.29 is 0 Å². The molecule has 2 aromatic rings. The quantitative estimate of drug-likeness (QED) is 0.645. The van der Waals surface area contributed by atoms with E-state index in [-0.39, 0.29) is 0 Å². The lowest BCUT2D eigenvalue weighted by Gasteiger charge is -1.99. The highest BCUT2D eigenvalue weighted by molar-refractivity contribution is 5.64. The van der Waals surface area contributed by atoms with Crippen molar-refractivity contribution in [2.75, 3.05) is 0 Å². The maximum atomic E-state index is 4.21. The van der Waals surface area contributed by atoms with Gasteiger partial charge in [0, 0.05) is 18.3 Å². The van der Waals surface area contributed by atoms with Crippen LogP contribution in [0.3, 0.4) is 0 Å². The minimum atomic E-state index is 1.20. The molecule has 0 aliphatic carbocycles. The van der Waals surface area contributed by atoms with E-state index in [4.69, 9.17) is 0 Å². The van der Waals surface area contributed by atoms with E-state index in [2.05, 4.69) is 24.2 Å². The van der Waals surface area contributed by atoms with Crippen LogP contribution in [0.5, 0.6) is 0 Å². The summed E-state index contributed by atoms with van der Waals surface area (Å²) in [4.78, 5) is 0. The Hall–Kier alpha value is -1.57. The first-order valence-electron chi connectivity index (χ1n) is 4.33. The first kappa shape index (κ1) is 8.05. The molecule has 0 saturated heterocycles. The monoisotopic (exact) mass is 172 g/mol. The molecule has 0 saturated carbocycles. The topological polar surface area (TPSA) is 17.8 Å². The predicted octanol–water partition coefficient (Wildman–Crippen LogP) is 2.40. The van der Waals surface area contributed by atoms with Gasteiger partial charge in [-0.1, -0.05) is 30.3 Å². The maximum Gasteiger partial charge on any atom is 0.0571 e. The third kappa shape index (κ3) is 1.35. The van der Waals surface area contributed by atoms with Gasteiger partial charge in [0.25, 0.3) is 0 Å². The van der Waals surface area contributed by atoms with E-state index in [0.29, 0.717) is 0 Å². The Morgan fingerprint density at radius 2 is 1.85 bits per heavy atom. The molecule has 2 nitrogen and oxygen atoms in total. The second-order valence-electron chi connectivity index (χ2n) is 3.13. The Morgan fingerprint density at radius 1 is 1.15 bits per heavy atom. The molecule has 0 bridgehead atoms. The Morgan fingerprint density at radius 3 is 2.38 bits per heavy atom. The number of rotatable bonds is 1. The van der Waals surface area contributed by atoms with E-state index in [1.54, 1.807) is 0 Å². The highest BCUT2D eigenvalue weighted by Gasteiger charge is 2.04. The lowest BCUT2D eigenvalue weighted by Crippen LogP contribution is -1.92. The van der Waals surface area contributed by atoms with Crippen LogP contribution in [0.15, 0.2) is 36.5 Å². The van der Waals surface area contributed by atoms with E-state index < -0.39 is 0 Å². The second-order valence-corrected chi connectivity index (χ2v) is 3.13. The molecule has 1 aromatic heterocycles. The van der Waals surface area contributed by atoms with Crippen LogP contribution < -0.4 is 0 Å². The highest BCUT2D eigenvalue weighted by atomic mass is 15.3. The van der Waals surface area contributed by atoms with Gasteiger partial charge >= 0.3 is 0 Å². The summed E-state index contributed by atoms with van der Waals surface area (Å²) < 4.78 is 1.89. The standard InChI is InChI=1S/C11H12N2/c1-9-11(8-12-13(9)2)10-6-4-3-5-7-10/h3-8H,1-2H3. The van der Waals surface area contributed by atoms with Gasteiger partial charge in [-0.3, -0.25) is 4.68 Å². The number of aryl methyl sites for hydroxylation is 1. The average molecular weight is 172 g/mol. The molecule has 0 fully saturated rings. The van der Waals surface area contributed by atoms with Gasteiger partial charge in [-0.2, -0.15) is 5.10 Å². The molecule has 0 unspecified atom stereocenters. The third-order valence-electron chi connectivity index (χ3n) is 2.32. The van der Waals surface area contributed by atoms with Gasteiger partial charge in [0.2, 0.25) is 0 Å². The number of benzene rings is 1. The Kier molecular flexibility index (Phi) is 1.89. The van der Waals surface area contributed by atoms with Crippen LogP contribution in [-0.4, -0.2) is 9.78 Å². The molecule has 1 heterocycles. The van der Waals surface area contributed by atoms with Crippen molar-refractivity contribution in [3.05, 3.63) is 42.2 Å². The molecule has 0 atom stereocenters. The van der Waals surface area contributed by atoms with Gasteiger partial charge in [-0.25, -0.2) is 0 Å². The molecule has 1 aromatic carbocycles. The van der Waals surface area contributed by atoms with E-state index >= 15 is 0 Å². The second kappa shape index (κ2) is 3.05. The zero-order chi connectivity index (χ0) is 9.26. The SMILES string of the molecule is Cc1c(-c2ccccc2)cnn1C. The Balaban J connectivity index is 2.53. The van der Waals surface area contributed by atoms with Crippen LogP contribution in [0.1, 0.15) is 5.69 Å². The number of nitrogens with zero attached hydrogens (tertiary/aromatic N) is 2. The number of hydrogen-bond acceptors (Lipinski definition) is 1. The number of hydrogen-bond donors (Lipinski definition) is 0. The third-order valence-corrected chi connectivity index (χ3v) is 2.32. The summed E-state index contributed by atoms with van der Waals surface area (Å²) in [5.74, 6) is 0. The van der Waals surface area contributed by atoms with Crippen molar-refractivity contribution in [2.45, 2.75) is 6.92 Å². The van der Waals surface area contributed by atoms with Gasteiger partial charge in [0.1, 0.15) is 0 Å². The molecule has 0 N–H and O–H groups in total. The van der Waals surface area contributed by atoms with Crippen LogP contribution in [-0.2, 0) is 7.05 Å². The van der Waals surface area contributed by atoms with E-state index in [1.807, 2.05) is 36.1 Å².